The number of benzene rings is 2. The molecule has 35 heavy (non-hydrogen) atoms. The van der Waals surface area contributed by atoms with Gasteiger partial charge < -0.3 is 14.5 Å². The summed E-state index contributed by atoms with van der Waals surface area (Å²) in [4.78, 5) is 31.9. The van der Waals surface area contributed by atoms with Crippen LogP contribution in [-0.2, 0) is 11.2 Å². The monoisotopic (exact) mass is 510 g/mol. The average molecular weight is 511 g/mol. The van der Waals surface area contributed by atoms with Crippen LogP contribution >= 0.6 is 22.9 Å². The minimum absolute atomic E-state index is 0.0146. The molecule has 2 atom stereocenters. The minimum Gasteiger partial charge on any atom is -0.491 e. The van der Waals surface area contributed by atoms with Crippen molar-refractivity contribution in [3.05, 3.63) is 86.6 Å². The largest absolute Gasteiger partial charge is 0.491 e. The van der Waals surface area contributed by atoms with Crippen molar-refractivity contribution < 1.29 is 14.3 Å². The lowest BCUT2D eigenvalue weighted by molar-refractivity contribution is -0.136. The Hall–Kier alpha value is -2.83. The molecular formula is C28H31ClN2O3S. The fourth-order valence-electron chi connectivity index (χ4n) is 4.43. The summed E-state index contributed by atoms with van der Waals surface area (Å²) in [5, 5.41) is 2.58. The van der Waals surface area contributed by atoms with Crippen LogP contribution in [0.15, 0.2) is 60.0 Å². The number of carbonyl (C=O) groups excluding carboxylic acids is 2. The Morgan fingerprint density at radius 3 is 2.74 bits per heavy atom. The molecule has 0 saturated carbocycles. The standard InChI is InChI=1S/C28H31ClN2O3S/c1-4-20(3)31(28(33)21-9-7-10-22(29)16-21)17-27(32)30-14-12-26-23(13-15-35-26)24(30)18-34-25-11-6-5-8-19(25)2/h5-11,13,15-16,20,24H,4,12,14,17-18H2,1-3H3/t20-,24+/m0/s1. The van der Waals surface area contributed by atoms with Crippen molar-refractivity contribution in [2.45, 2.75) is 45.7 Å². The number of amides is 2. The van der Waals surface area contributed by atoms with Gasteiger partial charge in [-0.1, -0.05) is 42.8 Å². The van der Waals surface area contributed by atoms with E-state index in [1.54, 1.807) is 40.5 Å². The van der Waals surface area contributed by atoms with E-state index in [4.69, 9.17) is 16.3 Å². The highest BCUT2D eigenvalue weighted by Gasteiger charge is 2.34. The third kappa shape index (κ3) is 5.71. The Balaban J connectivity index is 1.56. The fourth-order valence-corrected chi connectivity index (χ4v) is 5.55. The Bertz CT molecular complexity index is 1190. The topological polar surface area (TPSA) is 49.9 Å². The minimum atomic E-state index is -0.197. The number of fused-ring (bicyclic) bond motifs is 1. The first-order valence-corrected chi connectivity index (χ1v) is 13.3. The maximum Gasteiger partial charge on any atom is 0.254 e. The van der Waals surface area contributed by atoms with Gasteiger partial charge >= 0.3 is 0 Å². The number of ether oxygens (including phenoxy) is 1. The van der Waals surface area contributed by atoms with E-state index in [1.807, 2.05) is 49.9 Å². The molecule has 5 nitrogen and oxygen atoms in total. The van der Waals surface area contributed by atoms with Crippen LogP contribution in [-0.4, -0.2) is 47.4 Å². The maximum atomic E-state index is 13.7. The highest BCUT2D eigenvalue weighted by Crippen LogP contribution is 2.34. The molecule has 1 aliphatic rings. The van der Waals surface area contributed by atoms with E-state index >= 15 is 0 Å². The van der Waals surface area contributed by atoms with Gasteiger partial charge in [0.25, 0.3) is 5.91 Å². The van der Waals surface area contributed by atoms with Gasteiger partial charge in [-0.3, -0.25) is 9.59 Å². The van der Waals surface area contributed by atoms with Crippen LogP contribution in [0, 0.1) is 6.92 Å². The summed E-state index contributed by atoms with van der Waals surface area (Å²) in [6.45, 7) is 6.99. The Kier molecular flexibility index (Phi) is 8.14. The average Bonchev–Trinajstić information content (AvgIpc) is 3.35. The molecule has 0 spiro atoms. The molecular weight excluding hydrogens is 480 g/mol. The molecule has 0 saturated heterocycles. The van der Waals surface area contributed by atoms with Gasteiger partial charge in [0, 0.05) is 28.0 Å². The lowest BCUT2D eigenvalue weighted by atomic mass is 10.00. The lowest BCUT2D eigenvalue weighted by Gasteiger charge is -2.38. The second kappa shape index (κ2) is 11.3. The smallest absolute Gasteiger partial charge is 0.254 e. The third-order valence-electron chi connectivity index (χ3n) is 6.67. The highest BCUT2D eigenvalue weighted by atomic mass is 35.5. The zero-order valence-electron chi connectivity index (χ0n) is 20.4. The van der Waals surface area contributed by atoms with Gasteiger partial charge in [-0.2, -0.15) is 0 Å². The first-order chi connectivity index (χ1) is 16.9. The molecule has 2 aromatic carbocycles. The number of hydrogen-bond acceptors (Lipinski definition) is 4. The molecule has 3 aromatic rings. The molecule has 184 valence electrons. The summed E-state index contributed by atoms with van der Waals surface area (Å²) in [7, 11) is 0. The van der Waals surface area contributed by atoms with Gasteiger partial charge in [0.05, 0.1) is 6.04 Å². The van der Waals surface area contributed by atoms with Crippen molar-refractivity contribution in [1.82, 2.24) is 9.80 Å². The predicted molar refractivity (Wildman–Crippen MR) is 141 cm³/mol. The third-order valence-corrected chi connectivity index (χ3v) is 7.90. The van der Waals surface area contributed by atoms with Gasteiger partial charge in [-0.25, -0.2) is 0 Å². The summed E-state index contributed by atoms with van der Waals surface area (Å²) < 4.78 is 6.20. The summed E-state index contributed by atoms with van der Waals surface area (Å²) in [5.74, 6) is 0.562. The quantitative estimate of drug-likeness (QED) is 0.365. The molecule has 7 heteroatoms. The van der Waals surface area contributed by atoms with E-state index < -0.39 is 0 Å². The van der Waals surface area contributed by atoms with Crippen LogP contribution in [0.3, 0.4) is 0 Å². The zero-order chi connectivity index (χ0) is 24.9. The van der Waals surface area contributed by atoms with Crippen LogP contribution in [0.5, 0.6) is 5.75 Å². The second-order valence-corrected chi connectivity index (χ2v) is 10.4. The van der Waals surface area contributed by atoms with Gasteiger partial charge in [-0.15, -0.1) is 11.3 Å². The van der Waals surface area contributed by atoms with Crippen molar-refractivity contribution in [1.29, 1.82) is 0 Å². The number of halogens is 1. The maximum absolute atomic E-state index is 13.7. The molecule has 4 rings (SSSR count). The van der Waals surface area contributed by atoms with E-state index in [9.17, 15) is 9.59 Å². The van der Waals surface area contributed by atoms with Crippen molar-refractivity contribution in [3.63, 3.8) is 0 Å². The predicted octanol–water partition coefficient (Wildman–Crippen LogP) is 6.16. The lowest BCUT2D eigenvalue weighted by Crippen LogP contribution is -2.49. The number of para-hydroxylation sites is 1. The van der Waals surface area contributed by atoms with Crippen LogP contribution in [0.2, 0.25) is 5.02 Å². The number of aryl methyl sites for hydroxylation is 1. The molecule has 0 unspecified atom stereocenters. The molecule has 0 aliphatic carbocycles. The van der Waals surface area contributed by atoms with E-state index in [1.165, 1.54) is 4.88 Å². The molecule has 0 radical (unpaired) electrons. The van der Waals surface area contributed by atoms with Crippen LogP contribution in [0.1, 0.15) is 52.7 Å². The number of carbonyl (C=O) groups is 2. The molecule has 2 amide bonds. The van der Waals surface area contributed by atoms with Crippen LogP contribution in [0.4, 0.5) is 0 Å². The van der Waals surface area contributed by atoms with Crippen LogP contribution in [0.25, 0.3) is 0 Å². The molecule has 2 heterocycles. The zero-order valence-corrected chi connectivity index (χ0v) is 21.9. The first-order valence-electron chi connectivity index (χ1n) is 12.0. The van der Waals surface area contributed by atoms with Gasteiger partial charge in [-0.05, 0) is 73.5 Å². The second-order valence-electron chi connectivity index (χ2n) is 8.93. The molecule has 1 aliphatic heterocycles. The van der Waals surface area contributed by atoms with Gasteiger partial charge in [0.15, 0.2) is 0 Å². The molecule has 0 bridgehead atoms. The summed E-state index contributed by atoms with van der Waals surface area (Å²) in [6, 6.07) is 16.6. The summed E-state index contributed by atoms with van der Waals surface area (Å²) in [6.07, 6.45) is 1.55. The highest BCUT2D eigenvalue weighted by molar-refractivity contribution is 7.10. The SMILES string of the molecule is CC[C@H](C)N(CC(=O)N1CCc2sccc2[C@H]1COc1ccccc1C)C(=O)c1cccc(Cl)c1. The molecule has 0 fully saturated rings. The van der Waals surface area contributed by atoms with E-state index in [0.717, 1.165) is 29.7 Å². The van der Waals surface area contributed by atoms with Crippen molar-refractivity contribution in [3.8, 4) is 5.75 Å². The Labute approximate surface area is 216 Å². The summed E-state index contributed by atoms with van der Waals surface area (Å²) >= 11 is 7.85. The number of nitrogens with zero attached hydrogens (tertiary/aromatic N) is 2. The number of hydrogen-bond donors (Lipinski definition) is 0. The van der Waals surface area contributed by atoms with Crippen molar-refractivity contribution in [2.24, 2.45) is 0 Å². The Morgan fingerprint density at radius 2 is 2.00 bits per heavy atom. The number of rotatable bonds is 8. The molecule has 1 aromatic heterocycles. The van der Waals surface area contributed by atoms with E-state index in [2.05, 4.69) is 11.4 Å². The first kappa shape index (κ1) is 25.3. The van der Waals surface area contributed by atoms with Crippen molar-refractivity contribution >= 4 is 34.8 Å². The molecule has 0 N–H and O–H groups in total. The summed E-state index contributed by atoms with van der Waals surface area (Å²) in [5.41, 5.74) is 2.69. The number of thiophene rings is 1. The van der Waals surface area contributed by atoms with Crippen LogP contribution < -0.4 is 4.74 Å². The Morgan fingerprint density at radius 1 is 1.20 bits per heavy atom. The van der Waals surface area contributed by atoms with Crippen molar-refractivity contribution in [2.75, 3.05) is 19.7 Å². The van der Waals surface area contributed by atoms with Gasteiger partial charge in [0.2, 0.25) is 5.91 Å². The van der Waals surface area contributed by atoms with Gasteiger partial charge in [0.1, 0.15) is 18.9 Å². The van der Waals surface area contributed by atoms with E-state index in [-0.39, 0.29) is 30.4 Å². The normalized spacial score (nSPS) is 15.9. The van der Waals surface area contributed by atoms with E-state index in [0.29, 0.717) is 23.7 Å². The fraction of sp³-hybridized carbons (Fsp3) is 0.357.